The molecule has 0 spiro atoms. The zero-order valence-corrected chi connectivity index (χ0v) is 16.9. The fourth-order valence-electron chi connectivity index (χ4n) is 3.91. The first kappa shape index (κ1) is 19.2. The highest BCUT2D eigenvalue weighted by Gasteiger charge is 2.24. The van der Waals surface area contributed by atoms with Crippen LogP contribution in [0.3, 0.4) is 0 Å². The van der Waals surface area contributed by atoms with E-state index in [4.69, 9.17) is 0 Å². The molecule has 2 amide bonds. The highest BCUT2D eigenvalue weighted by molar-refractivity contribution is 6.09. The lowest BCUT2D eigenvalue weighted by molar-refractivity contribution is 0.0916. The standard InChI is InChI=1S/C23H26N4O2/c1-15-11-12-16(2)18(14-15)25-22(28)20-19-10-6-7-13-27(19)21(26-20)23(29)24-17-8-4-3-5-9-17/h6-7,10-14,17H,3-5,8-9H2,1-2H3,(H,24,29)(H,25,28). The summed E-state index contributed by atoms with van der Waals surface area (Å²) in [6, 6.07) is 11.6. The Morgan fingerprint density at radius 2 is 1.83 bits per heavy atom. The van der Waals surface area contributed by atoms with Gasteiger partial charge >= 0.3 is 0 Å². The van der Waals surface area contributed by atoms with E-state index in [2.05, 4.69) is 15.6 Å². The van der Waals surface area contributed by atoms with Crippen LogP contribution in [0.1, 0.15) is 64.3 Å². The lowest BCUT2D eigenvalue weighted by Crippen LogP contribution is -2.37. The topological polar surface area (TPSA) is 75.5 Å². The van der Waals surface area contributed by atoms with Crippen molar-refractivity contribution in [2.75, 3.05) is 5.32 Å². The number of pyridine rings is 1. The summed E-state index contributed by atoms with van der Waals surface area (Å²) in [5.41, 5.74) is 3.65. The van der Waals surface area contributed by atoms with Gasteiger partial charge in [0.15, 0.2) is 5.69 Å². The van der Waals surface area contributed by atoms with Gasteiger partial charge in [-0.25, -0.2) is 4.98 Å². The van der Waals surface area contributed by atoms with Crippen molar-refractivity contribution >= 4 is 23.0 Å². The van der Waals surface area contributed by atoms with Crippen LogP contribution in [-0.2, 0) is 0 Å². The number of benzene rings is 1. The predicted molar refractivity (Wildman–Crippen MR) is 113 cm³/mol. The Bertz CT molecular complexity index is 1060. The number of fused-ring (bicyclic) bond motifs is 1. The largest absolute Gasteiger partial charge is 0.347 e. The van der Waals surface area contributed by atoms with Crippen molar-refractivity contribution in [1.29, 1.82) is 0 Å². The van der Waals surface area contributed by atoms with E-state index in [-0.39, 0.29) is 29.4 Å². The zero-order chi connectivity index (χ0) is 20.4. The molecule has 2 heterocycles. The number of rotatable bonds is 4. The average Bonchev–Trinajstić information content (AvgIpc) is 3.11. The maximum absolute atomic E-state index is 13.0. The Balaban J connectivity index is 1.64. The van der Waals surface area contributed by atoms with Crippen LogP contribution in [-0.4, -0.2) is 27.2 Å². The summed E-state index contributed by atoms with van der Waals surface area (Å²) in [6.07, 6.45) is 7.26. The highest BCUT2D eigenvalue weighted by atomic mass is 16.2. The minimum atomic E-state index is -0.320. The molecule has 0 bridgehead atoms. The Kier molecular flexibility index (Phi) is 5.34. The molecule has 150 valence electrons. The molecular formula is C23H26N4O2. The highest BCUT2D eigenvalue weighted by Crippen LogP contribution is 2.21. The van der Waals surface area contributed by atoms with Crippen molar-refractivity contribution in [2.24, 2.45) is 0 Å². The van der Waals surface area contributed by atoms with Gasteiger partial charge in [-0.2, -0.15) is 0 Å². The van der Waals surface area contributed by atoms with E-state index in [9.17, 15) is 9.59 Å². The van der Waals surface area contributed by atoms with Gasteiger partial charge in [-0.1, -0.05) is 37.5 Å². The molecule has 1 aliphatic carbocycles. The molecule has 29 heavy (non-hydrogen) atoms. The number of imidazole rings is 1. The van der Waals surface area contributed by atoms with Crippen LogP contribution < -0.4 is 10.6 Å². The van der Waals surface area contributed by atoms with Crippen LogP contribution >= 0.6 is 0 Å². The minimum absolute atomic E-state index is 0.180. The van der Waals surface area contributed by atoms with Crippen LogP contribution in [0.5, 0.6) is 0 Å². The molecule has 2 aromatic heterocycles. The van der Waals surface area contributed by atoms with E-state index in [0.717, 1.165) is 42.5 Å². The van der Waals surface area contributed by atoms with E-state index in [0.29, 0.717) is 5.52 Å². The third-order valence-electron chi connectivity index (χ3n) is 5.55. The SMILES string of the molecule is Cc1ccc(C)c(NC(=O)c2nc(C(=O)NC3CCCCC3)n3ccccc23)c1. The third kappa shape index (κ3) is 4.01. The van der Waals surface area contributed by atoms with Crippen LogP contribution in [0.2, 0.25) is 0 Å². The summed E-state index contributed by atoms with van der Waals surface area (Å²) >= 11 is 0. The summed E-state index contributed by atoms with van der Waals surface area (Å²) in [4.78, 5) is 30.3. The summed E-state index contributed by atoms with van der Waals surface area (Å²) in [5, 5.41) is 6.04. The molecule has 1 saturated carbocycles. The van der Waals surface area contributed by atoms with Gasteiger partial charge < -0.3 is 10.6 Å². The number of carbonyl (C=O) groups excluding carboxylic acids is 2. The van der Waals surface area contributed by atoms with Crippen molar-refractivity contribution in [3.63, 3.8) is 0 Å². The summed E-state index contributed by atoms with van der Waals surface area (Å²) in [7, 11) is 0. The Morgan fingerprint density at radius 1 is 1.03 bits per heavy atom. The van der Waals surface area contributed by atoms with Crippen LogP contribution in [0.15, 0.2) is 42.6 Å². The molecule has 1 aromatic carbocycles. The van der Waals surface area contributed by atoms with Crippen LogP contribution in [0.25, 0.3) is 5.52 Å². The van der Waals surface area contributed by atoms with Gasteiger partial charge in [0.2, 0.25) is 5.82 Å². The molecule has 2 N–H and O–H groups in total. The Hall–Kier alpha value is -3.15. The minimum Gasteiger partial charge on any atom is -0.347 e. The third-order valence-corrected chi connectivity index (χ3v) is 5.55. The predicted octanol–water partition coefficient (Wildman–Crippen LogP) is 4.27. The first-order chi connectivity index (χ1) is 14.0. The number of carbonyl (C=O) groups is 2. The normalized spacial score (nSPS) is 14.7. The summed E-state index contributed by atoms with van der Waals surface area (Å²) in [5.74, 6) is -0.305. The lowest BCUT2D eigenvalue weighted by atomic mass is 9.95. The number of aryl methyl sites for hydroxylation is 2. The van der Waals surface area contributed by atoms with Crippen molar-refractivity contribution < 1.29 is 9.59 Å². The van der Waals surface area contributed by atoms with E-state index in [1.807, 2.05) is 50.2 Å². The molecule has 6 heteroatoms. The lowest BCUT2D eigenvalue weighted by Gasteiger charge is -2.22. The molecule has 1 fully saturated rings. The van der Waals surface area contributed by atoms with Gasteiger partial charge in [0.05, 0.1) is 5.52 Å². The fourth-order valence-corrected chi connectivity index (χ4v) is 3.91. The number of amides is 2. The van der Waals surface area contributed by atoms with E-state index < -0.39 is 0 Å². The second kappa shape index (κ2) is 8.07. The van der Waals surface area contributed by atoms with Gasteiger partial charge in [0.1, 0.15) is 0 Å². The second-order valence-corrected chi connectivity index (χ2v) is 7.82. The van der Waals surface area contributed by atoms with Crippen molar-refractivity contribution in [1.82, 2.24) is 14.7 Å². The van der Waals surface area contributed by atoms with E-state index >= 15 is 0 Å². The van der Waals surface area contributed by atoms with Crippen molar-refractivity contribution in [3.05, 3.63) is 65.2 Å². The number of nitrogens with one attached hydrogen (secondary N) is 2. The monoisotopic (exact) mass is 390 g/mol. The molecule has 1 aliphatic rings. The number of anilines is 1. The smallest absolute Gasteiger partial charge is 0.287 e. The van der Waals surface area contributed by atoms with E-state index in [1.165, 1.54) is 6.42 Å². The summed E-state index contributed by atoms with van der Waals surface area (Å²) in [6.45, 7) is 3.93. The molecule has 3 aromatic rings. The number of hydrogen-bond donors (Lipinski definition) is 2. The molecule has 0 aliphatic heterocycles. The number of aromatic nitrogens is 2. The summed E-state index contributed by atoms with van der Waals surface area (Å²) < 4.78 is 1.69. The van der Waals surface area contributed by atoms with Crippen LogP contribution in [0, 0.1) is 13.8 Å². The zero-order valence-electron chi connectivity index (χ0n) is 16.9. The maximum atomic E-state index is 13.0. The van der Waals surface area contributed by atoms with Crippen LogP contribution in [0.4, 0.5) is 5.69 Å². The number of hydrogen-bond acceptors (Lipinski definition) is 3. The van der Waals surface area contributed by atoms with E-state index in [1.54, 1.807) is 10.6 Å². The van der Waals surface area contributed by atoms with Gasteiger partial charge in [-0.15, -0.1) is 0 Å². The average molecular weight is 390 g/mol. The van der Waals surface area contributed by atoms with Crippen molar-refractivity contribution in [2.45, 2.75) is 52.0 Å². The maximum Gasteiger partial charge on any atom is 0.287 e. The van der Waals surface area contributed by atoms with Crippen molar-refractivity contribution in [3.8, 4) is 0 Å². The Morgan fingerprint density at radius 3 is 2.62 bits per heavy atom. The number of nitrogens with zero attached hydrogens (tertiary/aromatic N) is 2. The van der Waals surface area contributed by atoms with Gasteiger partial charge in [0.25, 0.3) is 11.8 Å². The molecule has 0 atom stereocenters. The molecular weight excluding hydrogens is 364 g/mol. The first-order valence-corrected chi connectivity index (χ1v) is 10.2. The molecule has 0 saturated heterocycles. The molecule has 6 nitrogen and oxygen atoms in total. The van der Waals surface area contributed by atoms with Gasteiger partial charge in [-0.3, -0.25) is 14.0 Å². The van der Waals surface area contributed by atoms with Gasteiger partial charge in [0, 0.05) is 17.9 Å². The molecule has 4 rings (SSSR count). The molecule has 0 radical (unpaired) electrons. The quantitative estimate of drug-likeness (QED) is 0.699. The fraction of sp³-hybridized carbons (Fsp3) is 0.348. The Labute approximate surface area is 170 Å². The van der Waals surface area contributed by atoms with Gasteiger partial charge in [-0.05, 0) is 56.0 Å². The second-order valence-electron chi connectivity index (χ2n) is 7.82. The first-order valence-electron chi connectivity index (χ1n) is 10.2. The molecule has 0 unspecified atom stereocenters.